The van der Waals surface area contributed by atoms with Gasteiger partial charge in [0.1, 0.15) is 12.8 Å². The van der Waals surface area contributed by atoms with Gasteiger partial charge in [0.2, 0.25) is 0 Å². The average molecular weight is 429 g/mol. The van der Waals surface area contributed by atoms with Gasteiger partial charge in [-0.3, -0.25) is 4.98 Å². The van der Waals surface area contributed by atoms with Gasteiger partial charge in [-0.25, -0.2) is 4.39 Å². The number of morpholine rings is 1. The number of aryl methyl sites for hydroxylation is 2. The molecular weight excluding hydrogens is 391 g/mol. The molecule has 1 saturated heterocycles. The zero-order chi connectivity index (χ0) is 21.9. The molecule has 1 aromatic carbocycles. The van der Waals surface area contributed by atoms with Gasteiger partial charge in [0.15, 0.2) is 0 Å². The fourth-order valence-electron chi connectivity index (χ4n) is 4.37. The minimum Gasteiger partial charge on any atom is -0.372 e. The summed E-state index contributed by atoms with van der Waals surface area (Å²) in [5.74, 6) is 0. The third-order valence-corrected chi connectivity index (χ3v) is 5.86. The number of nitrogens with one attached hydrogen (secondary N) is 2. The Balaban J connectivity index is 0.000000176. The first-order valence-electron chi connectivity index (χ1n) is 11.5. The number of aromatic nitrogens is 1. The van der Waals surface area contributed by atoms with Crippen LogP contribution < -0.4 is 15.5 Å². The second-order valence-corrected chi connectivity index (χ2v) is 8.25. The van der Waals surface area contributed by atoms with Crippen molar-refractivity contribution in [3.05, 3.63) is 58.9 Å². The lowest BCUT2D eigenvalue weighted by atomic mass is 9.96. The van der Waals surface area contributed by atoms with E-state index in [1.165, 1.54) is 53.8 Å². The van der Waals surface area contributed by atoms with Gasteiger partial charge < -0.3 is 20.3 Å². The maximum absolute atomic E-state index is 12.7. The zero-order valence-electron chi connectivity index (χ0n) is 19.0. The number of ether oxygens (including phenoxy) is 1. The van der Waals surface area contributed by atoms with Crippen LogP contribution in [0.15, 0.2) is 36.5 Å². The van der Waals surface area contributed by atoms with Crippen LogP contribution in [0, 0.1) is 0 Å². The Bertz CT molecular complexity index is 776. The zero-order valence-corrected chi connectivity index (χ0v) is 19.0. The Morgan fingerprint density at radius 2 is 1.94 bits per heavy atom. The summed E-state index contributed by atoms with van der Waals surface area (Å²) < 4.78 is 18.1. The molecule has 0 amide bonds. The van der Waals surface area contributed by atoms with E-state index in [1.807, 2.05) is 26.4 Å². The van der Waals surface area contributed by atoms with Crippen LogP contribution in [0.5, 0.6) is 0 Å². The SMILES string of the molecule is CNC.FCC1CN(c2cccc3c2CCNC3)CCO1.c1cnc2c(c1)CCCC2. The van der Waals surface area contributed by atoms with E-state index in [1.54, 1.807) is 0 Å². The van der Waals surface area contributed by atoms with Crippen LogP contribution in [0.4, 0.5) is 10.1 Å². The standard InChI is InChI=1S/C14H19FN2O.C9H11N.C2H7N/c15-8-12-10-17(6-7-18-12)14-3-1-2-11-9-16-5-4-13(11)14;1-2-6-9-8(4-1)5-3-7-10-9;1-3-2/h1-3,12,16H,4-10H2;3,5,7H,1-2,4,6H2;3H,1-2H3. The van der Waals surface area contributed by atoms with E-state index in [0.717, 1.165) is 26.1 Å². The number of hydrogen-bond donors (Lipinski definition) is 2. The van der Waals surface area contributed by atoms with Crippen molar-refractivity contribution in [2.24, 2.45) is 0 Å². The molecule has 5 nitrogen and oxygen atoms in total. The van der Waals surface area contributed by atoms with Crippen molar-refractivity contribution in [2.75, 3.05) is 51.9 Å². The molecule has 2 N–H and O–H groups in total. The highest BCUT2D eigenvalue weighted by atomic mass is 19.1. The lowest BCUT2D eigenvalue weighted by Crippen LogP contribution is -2.44. The molecule has 0 radical (unpaired) electrons. The lowest BCUT2D eigenvalue weighted by molar-refractivity contribution is 0.0246. The van der Waals surface area contributed by atoms with Crippen LogP contribution in [-0.2, 0) is 30.5 Å². The topological polar surface area (TPSA) is 49.4 Å². The first-order valence-corrected chi connectivity index (χ1v) is 11.5. The van der Waals surface area contributed by atoms with Gasteiger partial charge in [-0.1, -0.05) is 18.2 Å². The fraction of sp³-hybridized carbons (Fsp3) is 0.560. The van der Waals surface area contributed by atoms with Gasteiger partial charge >= 0.3 is 0 Å². The summed E-state index contributed by atoms with van der Waals surface area (Å²) in [6.07, 6.45) is 7.78. The van der Waals surface area contributed by atoms with Crippen LogP contribution in [0.1, 0.15) is 35.2 Å². The Hall–Kier alpha value is -2.02. The fourth-order valence-corrected chi connectivity index (χ4v) is 4.37. The second kappa shape index (κ2) is 12.7. The van der Waals surface area contributed by atoms with E-state index in [2.05, 4.69) is 44.8 Å². The van der Waals surface area contributed by atoms with Crippen molar-refractivity contribution in [1.29, 1.82) is 0 Å². The smallest absolute Gasteiger partial charge is 0.117 e. The molecule has 1 atom stereocenters. The number of rotatable bonds is 2. The van der Waals surface area contributed by atoms with Crippen LogP contribution in [-0.4, -0.2) is 58.1 Å². The number of anilines is 1. The van der Waals surface area contributed by atoms with Crippen molar-refractivity contribution in [3.63, 3.8) is 0 Å². The molecule has 5 rings (SSSR count). The third kappa shape index (κ3) is 6.73. The number of alkyl halides is 1. The summed E-state index contributed by atoms with van der Waals surface area (Å²) in [5, 5.41) is 6.14. The average Bonchev–Trinajstić information content (AvgIpc) is 2.85. The molecule has 1 aliphatic carbocycles. The van der Waals surface area contributed by atoms with E-state index >= 15 is 0 Å². The first kappa shape index (κ1) is 23.6. The van der Waals surface area contributed by atoms with E-state index in [4.69, 9.17) is 4.74 Å². The normalized spacial score (nSPS) is 19.7. The molecule has 1 aromatic heterocycles. The third-order valence-electron chi connectivity index (χ3n) is 5.86. The van der Waals surface area contributed by atoms with Gasteiger partial charge in [0.25, 0.3) is 0 Å². The molecule has 1 fully saturated rings. The van der Waals surface area contributed by atoms with Crippen molar-refractivity contribution in [3.8, 4) is 0 Å². The second-order valence-electron chi connectivity index (χ2n) is 8.25. The molecule has 2 aliphatic heterocycles. The largest absolute Gasteiger partial charge is 0.372 e. The Morgan fingerprint density at radius 3 is 2.74 bits per heavy atom. The molecule has 170 valence electrons. The monoisotopic (exact) mass is 428 g/mol. The van der Waals surface area contributed by atoms with Crippen LogP contribution >= 0.6 is 0 Å². The first-order chi connectivity index (χ1) is 15.3. The molecule has 0 saturated carbocycles. The summed E-state index contributed by atoms with van der Waals surface area (Å²) >= 11 is 0. The summed E-state index contributed by atoms with van der Waals surface area (Å²) in [6, 6.07) is 10.7. The molecule has 3 aliphatic rings. The molecule has 2 aromatic rings. The molecule has 1 unspecified atom stereocenters. The highest BCUT2D eigenvalue weighted by Crippen LogP contribution is 2.28. The summed E-state index contributed by atoms with van der Waals surface area (Å²) in [7, 11) is 3.75. The van der Waals surface area contributed by atoms with E-state index in [-0.39, 0.29) is 6.10 Å². The molecule has 0 bridgehead atoms. The van der Waals surface area contributed by atoms with Gasteiger partial charge in [-0.05, 0) is 81.6 Å². The predicted octanol–water partition coefficient (Wildman–Crippen LogP) is 3.30. The highest BCUT2D eigenvalue weighted by molar-refractivity contribution is 5.58. The number of fused-ring (bicyclic) bond motifs is 2. The maximum Gasteiger partial charge on any atom is 0.117 e. The minimum absolute atomic E-state index is 0.267. The summed E-state index contributed by atoms with van der Waals surface area (Å²) in [6.45, 7) is 3.73. The van der Waals surface area contributed by atoms with Crippen molar-refractivity contribution in [1.82, 2.24) is 15.6 Å². The number of hydrogen-bond acceptors (Lipinski definition) is 5. The van der Waals surface area contributed by atoms with Gasteiger partial charge in [0.05, 0.1) is 6.61 Å². The molecule has 3 heterocycles. The predicted molar refractivity (Wildman–Crippen MR) is 126 cm³/mol. The number of nitrogens with zero attached hydrogens (tertiary/aromatic N) is 2. The van der Waals surface area contributed by atoms with Crippen molar-refractivity contribution < 1.29 is 9.13 Å². The van der Waals surface area contributed by atoms with Gasteiger partial charge in [-0.15, -0.1) is 0 Å². The number of pyridine rings is 1. The van der Waals surface area contributed by atoms with Crippen molar-refractivity contribution >= 4 is 5.69 Å². The van der Waals surface area contributed by atoms with Crippen LogP contribution in [0.3, 0.4) is 0 Å². The van der Waals surface area contributed by atoms with Gasteiger partial charge in [-0.2, -0.15) is 0 Å². The van der Waals surface area contributed by atoms with E-state index in [9.17, 15) is 4.39 Å². The van der Waals surface area contributed by atoms with E-state index in [0.29, 0.717) is 13.2 Å². The summed E-state index contributed by atoms with van der Waals surface area (Å²) in [5.41, 5.74) is 6.87. The molecule has 6 heteroatoms. The van der Waals surface area contributed by atoms with Gasteiger partial charge in [0, 0.05) is 37.2 Å². The van der Waals surface area contributed by atoms with E-state index < -0.39 is 6.67 Å². The van der Waals surface area contributed by atoms with Crippen LogP contribution in [0.2, 0.25) is 0 Å². The maximum atomic E-state index is 12.7. The molecular formula is C25H37FN4O. The Kier molecular flexibility index (Phi) is 9.72. The molecule has 0 spiro atoms. The Morgan fingerprint density at radius 1 is 1.13 bits per heavy atom. The molecule has 31 heavy (non-hydrogen) atoms. The quantitative estimate of drug-likeness (QED) is 0.769. The van der Waals surface area contributed by atoms with Crippen molar-refractivity contribution in [2.45, 2.75) is 44.8 Å². The minimum atomic E-state index is -0.396. The number of halogens is 1. The highest BCUT2D eigenvalue weighted by Gasteiger charge is 2.23. The lowest BCUT2D eigenvalue weighted by Gasteiger charge is -2.36. The summed E-state index contributed by atoms with van der Waals surface area (Å²) in [4.78, 5) is 6.59. The van der Waals surface area contributed by atoms with Crippen LogP contribution in [0.25, 0.3) is 0 Å². The number of benzene rings is 1. The Labute approximate surface area is 186 Å².